The minimum atomic E-state index is -0.486. The van der Waals surface area contributed by atoms with Crippen LogP contribution >= 0.6 is 11.6 Å². The van der Waals surface area contributed by atoms with Crippen molar-refractivity contribution in [3.63, 3.8) is 0 Å². The van der Waals surface area contributed by atoms with Crippen molar-refractivity contribution >= 4 is 22.6 Å². The van der Waals surface area contributed by atoms with Crippen molar-refractivity contribution in [3.05, 3.63) is 55.6 Å². The minimum Gasteiger partial charge on any atom is -0.266 e. The molecule has 2 aromatic heterocycles. The topological polar surface area (TPSA) is 96.4 Å². The van der Waals surface area contributed by atoms with Crippen molar-refractivity contribution in [1.29, 1.82) is 0 Å². The van der Waals surface area contributed by atoms with Crippen LogP contribution < -0.4 is 11.1 Å². The Hall–Kier alpha value is -2.41. The molecule has 3 rings (SSSR count). The van der Waals surface area contributed by atoms with E-state index in [-0.39, 0.29) is 17.6 Å². The Labute approximate surface area is 110 Å². The highest BCUT2D eigenvalue weighted by atomic mass is 35.5. The van der Waals surface area contributed by atoms with E-state index in [1.165, 1.54) is 4.68 Å². The molecule has 0 atom stereocenters. The molecular formula is C11H8ClN5O2. The van der Waals surface area contributed by atoms with Crippen molar-refractivity contribution in [1.82, 2.24) is 25.2 Å². The van der Waals surface area contributed by atoms with E-state index in [0.717, 1.165) is 5.56 Å². The fourth-order valence-electron chi connectivity index (χ4n) is 1.82. The van der Waals surface area contributed by atoms with Crippen molar-refractivity contribution in [2.75, 3.05) is 0 Å². The number of rotatable bonds is 2. The maximum atomic E-state index is 11.7. The molecule has 1 aromatic carbocycles. The Kier molecular flexibility index (Phi) is 2.68. The molecule has 0 bridgehead atoms. The highest BCUT2D eigenvalue weighted by molar-refractivity contribution is 6.31. The van der Waals surface area contributed by atoms with Gasteiger partial charge in [0.1, 0.15) is 0 Å². The summed E-state index contributed by atoms with van der Waals surface area (Å²) in [5.74, 6) is 0. The second kappa shape index (κ2) is 4.36. The molecule has 0 aliphatic rings. The van der Waals surface area contributed by atoms with E-state index < -0.39 is 11.1 Å². The third-order valence-corrected chi connectivity index (χ3v) is 3.10. The summed E-state index contributed by atoms with van der Waals surface area (Å²) < 4.78 is 1.35. The van der Waals surface area contributed by atoms with E-state index in [1.54, 1.807) is 6.07 Å². The van der Waals surface area contributed by atoms with Gasteiger partial charge in [0.25, 0.3) is 11.1 Å². The predicted molar refractivity (Wildman–Crippen MR) is 69.3 cm³/mol. The molecule has 0 saturated heterocycles. The van der Waals surface area contributed by atoms with E-state index in [0.29, 0.717) is 5.02 Å². The molecule has 0 aliphatic carbocycles. The summed E-state index contributed by atoms with van der Waals surface area (Å²) in [6.45, 7) is 0.267. The Morgan fingerprint density at radius 1 is 1.16 bits per heavy atom. The van der Waals surface area contributed by atoms with Gasteiger partial charge in [-0.25, -0.2) is 4.68 Å². The van der Waals surface area contributed by atoms with E-state index in [4.69, 9.17) is 11.6 Å². The quantitative estimate of drug-likeness (QED) is 0.713. The van der Waals surface area contributed by atoms with Crippen LogP contribution in [0.3, 0.4) is 0 Å². The molecule has 0 fully saturated rings. The Morgan fingerprint density at radius 3 is 2.68 bits per heavy atom. The molecule has 0 saturated carbocycles. The summed E-state index contributed by atoms with van der Waals surface area (Å²) in [5, 5.41) is 12.5. The largest absolute Gasteiger partial charge is 0.292 e. The van der Waals surface area contributed by atoms with E-state index in [1.807, 2.05) is 18.2 Å². The Bertz CT molecular complexity index is 863. The first-order chi connectivity index (χ1) is 9.16. The number of hydrogen-bond acceptors (Lipinski definition) is 4. The third-order valence-electron chi connectivity index (χ3n) is 2.73. The van der Waals surface area contributed by atoms with Gasteiger partial charge in [-0.3, -0.25) is 19.8 Å². The first kappa shape index (κ1) is 11.7. The number of hydrogen-bond donors (Lipinski definition) is 2. The number of H-pyrrole nitrogens is 2. The van der Waals surface area contributed by atoms with Crippen LogP contribution in [-0.2, 0) is 6.54 Å². The van der Waals surface area contributed by atoms with Crippen LogP contribution in [0, 0.1) is 0 Å². The van der Waals surface area contributed by atoms with Gasteiger partial charge in [-0.2, -0.15) is 0 Å². The Morgan fingerprint density at radius 2 is 1.89 bits per heavy atom. The molecule has 0 amide bonds. The number of aromatic amines is 2. The lowest BCUT2D eigenvalue weighted by Crippen LogP contribution is -2.21. The number of benzene rings is 1. The number of aromatic nitrogens is 5. The predicted octanol–water partition coefficient (Wildman–Crippen LogP) is 0.510. The zero-order valence-corrected chi connectivity index (χ0v) is 10.3. The van der Waals surface area contributed by atoms with Gasteiger partial charge in [0.15, 0.2) is 11.0 Å². The first-order valence-corrected chi connectivity index (χ1v) is 5.82. The second-order valence-electron chi connectivity index (χ2n) is 3.94. The first-order valence-electron chi connectivity index (χ1n) is 5.44. The summed E-state index contributed by atoms with van der Waals surface area (Å²) in [5.41, 5.74) is -0.0122. The molecule has 0 radical (unpaired) electrons. The lowest BCUT2D eigenvalue weighted by molar-refractivity contribution is 0.667. The van der Waals surface area contributed by atoms with Crippen LogP contribution in [0.5, 0.6) is 0 Å². The summed E-state index contributed by atoms with van der Waals surface area (Å²) in [6.07, 6.45) is 0. The third kappa shape index (κ3) is 1.93. The maximum Gasteiger partial charge on any atom is 0.292 e. The number of fused-ring (bicyclic) bond motifs is 1. The average Bonchev–Trinajstić information content (AvgIpc) is 2.82. The molecule has 7 nitrogen and oxygen atoms in total. The summed E-state index contributed by atoms with van der Waals surface area (Å²) in [7, 11) is 0. The van der Waals surface area contributed by atoms with Crippen LogP contribution in [-0.4, -0.2) is 25.2 Å². The second-order valence-corrected chi connectivity index (χ2v) is 4.35. The van der Waals surface area contributed by atoms with Crippen molar-refractivity contribution < 1.29 is 0 Å². The lowest BCUT2D eigenvalue weighted by Gasteiger charge is -2.03. The molecule has 2 N–H and O–H groups in total. The van der Waals surface area contributed by atoms with Gasteiger partial charge in [0.05, 0.1) is 6.54 Å². The van der Waals surface area contributed by atoms with Gasteiger partial charge >= 0.3 is 0 Å². The molecule has 3 aromatic rings. The van der Waals surface area contributed by atoms with Crippen molar-refractivity contribution in [3.8, 4) is 0 Å². The van der Waals surface area contributed by atoms with Crippen LogP contribution in [0.4, 0.5) is 0 Å². The smallest absolute Gasteiger partial charge is 0.266 e. The van der Waals surface area contributed by atoms with Gasteiger partial charge in [0, 0.05) is 5.02 Å². The van der Waals surface area contributed by atoms with Gasteiger partial charge in [-0.05, 0) is 11.6 Å². The summed E-state index contributed by atoms with van der Waals surface area (Å²) in [6, 6.07) is 7.20. The van der Waals surface area contributed by atoms with Gasteiger partial charge in [0.2, 0.25) is 0 Å². The van der Waals surface area contributed by atoms with E-state index in [9.17, 15) is 9.59 Å². The van der Waals surface area contributed by atoms with Crippen LogP contribution in [0.25, 0.3) is 11.0 Å². The van der Waals surface area contributed by atoms with Gasteiger partial charge in [-0.15, -0.1) is 5.10 Å². The zero-order valence-electron chi connectivity index (χ0n) is 9.55. The Balaban J connectivity index is 2.18. The molecule has 8 heteroatoms. The SMILES string of the molecule is O=c1[nH][nH]c(=O)c2c1nnn2Cc1ccccc1Cl. The molecule has 0 unspecified atom stereocenters. The van der Waals surface area contributed by atoms with Crippen molar-refractivity contribution in [2.45, 2.75) is 6.54 Å². The highest BCUT2D eigenvalue weighted by Crippen LogP contribution is 2.16. The highest BCUT2D eigenvalue weighted by Gasteiger charge is 2.13. The maximum absolute atomic E-state index is 11.7. The fraction of sp³-hybridized carbons (Fsp3) is 0.0909. The number of halogens is 1. The zero-order chi connectivity index (χ0) is 13.4. The molecular weight excluding hydrogens is 270 g/mol. The normalized spacial score (nSPS) is 11.0. The standard InChI is InChI=1S/C11H8ClN5O2/c12-7-4-2-1-3-6(7)5-17-9-8(13-16-17)10(18)14-15-11(9)19/h1-4H,5H2,(H,14,18)(H,15,19). The van der Waals surface area contributed by atoms with Crippen LogP contribution in [0.1, 0.15) is 5.56 Å². The number of nitrogens with one attached hydrogen (secondary N) is 2. The lowest BCUT2D eigenvalue weighted by atomic mass is 10.2. The van der Waals surface area contributed by atoms with E-state index >= 15 is 0 Å². The fourth-order valence-corrected chi connectivity index (χ4v) is 2.02. The van der Waals surface area contributed by atoms with Gasteiger partial charge in [-0.1, -0.05) is 35.0 Å². The summed E-state index contributed by atoms with van der Waals surface area (Å²) in [4.78, 5) is 23.2. The monoisotopic (exact) mass is 277 g/mol. The molecule has 0 spiro atoms. The summed E-state index contributed by atoms with van der Waals surface area (Å²) >= 11 is 6.05. The van der Waals surface area contributed by atoms with E-state index in [2.05, 4.69) is 20.5 Å². The van der Waals surface area contributed by atoms with Crippen LogP contribution in [0.2, 0.25) is 5.02 Å². The molecule has 0 aliphatic heterocycles. The minimum absolute atomic E-state index is 0.0100. The molecule has 2 heterocycles. The van der Waals surface area contributed by atoms with Gasteiger partial charge < -0.3 is 0 Å². The average molecular weight is 278 g/mol. The molecule has 96 valence electrons. The number of nitrogens with zero attached hydrogens (tertiary/aromatic N) is 3. The molecule has 19 heavy (non-hydrogen) atoms. The van der Waals surface area contributed by atoms with Crippen molar-refractivity contribution in [2.24, 2.45) is 0 Å². The van der Waals surface area contributed by atoms with Crippen LogP contribution in [0.15, 0.2) is 33.9 Å².